The van der Waals surface area contributed by atoms with E-state index in [-0.39, 0.29) is 29.9 Å². The van der Waals surface area contributed by atoms with E-state index in [1.165, 1.54) is 11.1 Å². The Morgan fingerprint density at radius 2 is 1.86 bits per heavy atom. The molecule has 5 nitrogen and oxygen atoms in total. The third kappa shape index (κ3) is 7.51. The van der Waals surface area contributed by atoms with Crippen LogP contribution >= 0.6 is 35.6 Å². The number of nitrogens with zero attached hydrogens (tertiary/aromatic N) is 2. The van der Waals surface area contributed by atoms with Crippen molar-refractivity contribution >= 4 is 47.4 Å². The highest BCUT2D eigenvalue weighted by molar-refractivity contribution is 14.0. The lowest BCUT2D eigenvalue weighted by molar-refractivity contribution is -0.128. The highest BCUT2D eigenvalue weighted by atomic mass is 127. The molecule has 156 valence electrons. The highest BCUT2D eigenvalue weighted by Crippen LogP contribution is 2.15. The first kappa shape index (κ1) is 23.5. The van der Waals surface area contributed by atoms with Gasteiger partial charge in [-0.05, 0) is 42.2 Å². The Morgan fingerprint density at radius 3 is 2.52 bits per heavy atom. The molecule has 1 fully saturated rings. The molecule has 0 aromatic heterocycles. The summed E-state index contributed by atoms with van der Waals surface area (Å²) in [5.74, 6) is 1.03. The molecule has 1 aliphatic heterocycles. The van der Waals surface area contributed by atoms with Crippen molar-refractivity contribution in [3.05, 3.63) is 70.2 Å². The number of carbonyl (C=O) groups is 1. The molecule has 1 aliphatic rings. The van der Waals surface area contributed by atoms with E-state index in [0.717, 1.165) is 36.1 Å². The van der Waals surface area contributed by atoms with Gasteiger partial charge in [-0.3, -0.25) is 4.79 Å². The van der Waals surface area contributed by atoms with E-state index in [1.807, 2.05) is 36.1 Å². The van der Waals surface area contributed by atoms with Crippen molar-refractivity contribution in [2.24, 2.45) is 4.99 Å². The van der Waals surface area contributed by atoms with Crippen molar-refractivity contribution in [1.82, 2.24) is 15.5 Å². The number of guanidine groups is 1. The lowest BCUT2D eigenvalue weighted by Gasteiger charge is -2.16. The molecule has 3 rings (SSSR count). The molecule has 0 atom stereocenters. The Bertz CT molecular complexity index is 826. The lowest BCUT2D eigenvalue weighted by Crippen LogP contribution is -2.36. The van der Waals surface area contributed by atoms with Gasteiger partial charge in [-0.15, -0.1) is 24.0 Å². The van der Waals surface area contributed by atoms with Crippen LogP contribution in [0.15, 0.2) is 53.5 Å². The van der Waals surface area contributed by atoms with Crippen LogP contribution < -0.4 is 10.6 Å². The van der Waals surface area contributed by atoms with Crippen molar-refractivity contribution < 1.29 is 4.79 Å². The average molecular weight is 527 g/mol. The molecular formula is C22H28ClIN4O. The highest BCUT2D eigenvalue weighted by Gasteiger charge is 2.19. The second-order valence-corrected chi connectivity index (χ2v) is 7.35. The fourth-order valence-electron chi connectivity index (χ4n) is 3.19. The molecule has 0 radical (unpaired) electrons. The first-order chi connectivity index (χ1) is 13.6. The summed E-state index contributed by atoms with van der Waals surface area (Å²) in [6.45, 7) is 5.67. The van der Waals surface area contributed by atoms with Gasteiger partial charge in [-0.1, -0.05) is 48.0 Å². The third-order valence-corrected chi connectivity index (χ3v) is 4.92. The minimum atomic E-state index is 0. The summed E-state index contributed by atoms with van der Waals surface area (Å²) in [5.41, 5.74) is 3.41. The van der Waals surface area contributed by atoms with Gasteiger partial charge in [0.15, 0.2) is 5.96 Å². The summed E-state index contributed by atoms with van der Waals surface area (Å²) in [6.07, 6.45) is 1.66. The second-order valence-electron chi connectivity index (χ2n) is 6.91. The maximum atomic E-state index is 11.8. The van der Waals surface area contributed by atoms with Crippen LogP contribution in [0.3, 0.4) is 0 Å². The number of likely N-dealkylation sites (tertiary alicyclic amines) is 1. The molecule has 0 unspecified atom stereocenters. The number of rotatable bonds is 7. The van der Waals surface area contributed by atoms with Gasteiger partial charge in [0.1, 0.15) is 0 Å². The normalized spacial score (nSPS) is 13.9. The van der Waals surface area contributed by atoms with Crippen LogP contribution in [-0.4, -0.2) is 29.9 Å². The first-order valence-electron chi connectivity index (χ1n) is 9.76. The van der Waals surface area contributed by atoms with Gasteiger partial charge < -0.3 is 15.5 Å². The smallest absolute Gasteiger partial charge is 0.222 e. The Balaban J connectivity index is 0.00000300. The molecule has 0 saturated carbocycles. The SMILES string of the molecule is CCNC(=NCc1cccc(Cl)c1)NCc1ccc(CN2CCCC2=O)cc1.I. The van der Waals surface area contributed by atoms with E-state index in [2.05, 4.69) is 39.9 Å². The quantitative estimate of drug-likeness (QED) is 0.321. The second kappa shape index (κ2) is 12.0. The van der Waals surface area contributed by atoms with E-state index >= 15 is 0 Å². The van der Waals surface area contributed by atoms with Crippen molar-refractivity contribution in [2.45, 2.75) is 39.4 Å². The molecule has 0 bridgehead atoms. The maximum absolute atomic E-state index is 11.8. The number of nitrogens with one attached hydrogen (secondary N) is 2. The molecule has 2 N–H and O–H groups in total. The van der Waals surface area contributed by atoms with Gasteiger partial charge in [0.05, 0.1) is 6.54 Å². The number of carbonyl (C=O) groups excluding carboxylic acids is 1. The van der Waals surface area contributed by atoms with E-state index < -0.39 is 0 Å². The molecule has 1 heterocycles. The van der Waals surface area contributed by atoms with Gasteiger partial charge in [-0.2, -0.15) is 0 Å². The Morgan fingerprint density at radius 1 is 1.10 bits per heavy atom. The van der Waals surface area contributed by atoms with Crippen LogP contribution in [0.5, 0.6) is 0 Å². The van der Waals surface area contributed by atoms with Gasteiger partial charge in [0, 0.05) is 37.6 Å². The molecule has 0 aliphatic carbocycles. The molecule has 7 heteroatoms. The van der Waals surface area contributed by atoms with E-state index in [1.54, 1.807) is 0 Å². The molecule has 1 amide bonds. The number of aliphatic imine (C=N–C) groups is 1. The molecular weight excluding hydrogens is 499 g/mol. The van der Waals surface area contributed by atoms with Crippen molar-refractivity contribution in [1.29, 1.82) is 0 Å². The Labute approximate surface area is 194 Å². The lowest BCUT2D eigenvalue weighted by atomic mass is 10.1. The number of hydrogen-bond donors (Lipinski definition) is 2. The Kier molecular flexibility index (Phi) is 9.73. The van der Waals surface area contributed by atoms with Crippen molar-refractivity contribution in [3.8, 4) is 0 Å². The molecule has 2 aromatic carbocycles. The zero-order chi connectivity index (χ0) is 19.8. The molecule has 29 heavy (non-hydrogen) atoms. The topological polar surface area (TPSA) is 56.7 Å². The van der Waals surface area contributed by atoms with Crippen molar-refractivity contribution in [2.75, 3.05) is 13.1 Å². The van der Waals surface area contributed by atoms with Crippen LogP contribution in [0.2, 0.25) is 5.02 Å². The van der Waals surface area contributed by atoms with E-state index in [4.69, 9.17) is 11.6 Å². The summed E-state index contributed by atoms with van der Waals surface area (Å²) >= 11 is 6.04. The van der Waals surface area contributed by atoms with Crippen LogP contribution in [0.25, 0.3) is 0 Å². The summed E-state index contributed by atoms with van der Waals surface area (Å²) in [7, 11) is 0. The minimum Gasteiger partial charge on any atom is -0.357 e. The molecule has 2 aromatic rings. The average Bonchev–Trinajstić information content (AvgIpc) is 3.10. The number of hydrogen-bond acceptors (Lipinski definition) is 2. The summed E-state index contributed by atoms with van der Waals surface area (Å²) in [6, 6.07) is 16.1. The zero-order valence-electron chi connectivity index (χ0n) is 16.7. The summed E-state index contributed by atoms with van der Waals surface area (Å²) in [4.78, 5) is 18.3. The summed E-state index contributed by atoms with van der Waals surface area (Å²) < 4.78 is 0. The first-order valence-corrected chi connectivity index (χ1v) is 10.1. The number of amides is 1. The van der Waals surface area contributed by atoms with Gasteiger partial charge in [0.25, 0.3) is 0 Å². The Hall–Kier alpha value is -1.80. The fraction of sp³-hybridized carbons (Fsp3) is 0.364. The third-order valence-electron chi connectivity index (χ3n) is 4.68. The largest absolute Gasteiger partial charge is 0.357 e. The van der Waals surface area contributed by atoms with Crippen molar-refractivity contribution in [3.63, 3.8) is 0 Å². The van der Waals surface area contributed by atoms with Crippen LogP contribution in [0.1, 0.15) is 36.5 Å². The van der Waals surface area contributed by atoms with Crippen LogP contribution in [0, 0.1) is 0 Å². The predicted octanol–water partition coefficient (Wildman–Crippen LogP) is 4.34. The van der Waals surface area contributed by atoms with E-state index in [0.29, 0.717) is 26.1 Å². The van der Waals surface area contributed by atoms with Gasteiger partial charge >= 0.3 is 0 Å². The predicted molar refractivity (Wildman–Crippen MR) is 130 cm³/mol. The summed E-state index contributed by atoms with van der Waals surface area (Å²) in [5, 5.41) is 7.35. The zero-order valence-corrected chi connectivity index (χ0v) is 19.7. The minimum absolute atomic E-state index is 0. The number of benzene rings is 2. The van der Waals surface area contributed by atoms with Gasteiger partial charge in [0.2, 0.25) is 5.91 Å². The fourth-order valence-corrected chi connectivity index (χ4v) is 3.40. The maximum Gasteiger partial charge on any atom is 0.222 e. The number of halogens is 2. The van der Waals surface area contributed by atoms with E-state index in [9.17, 15) is 4.79 Å². The monoisotopic (exact) mass is 526 g/mol. The van der Waals surface area contributed by atoms with Crippen LogP contribution in [-0.2, 0) is 24.4 Å². The molecule has 0 spiro atoms. The van der Waals surface area contributed by atoms with Gasteiger partial charge in [-0.25, -0.2) is 4.99 Å². The molecule has 1 saturated heterocycles. The van der Waals surface area contributed by atoms with Crippen LogP contribution in [0.4, 0.5) is 0 Å². The standard InChI is InChI=1S/C22H27ClN4O.HI/c1-2-24-22(26-15-19-5-3-6-20(23)13-19)25-14-17-8-10-18(11-9-17)16-27-12-4-7-21(27)28;/h3,5-6,8-11,13H,2,4,7,12,14-16H2,1H3,(H2,24,25,26);1H.